The van der Waals surface area contributed by atoms with Crippen molar-refractivity contribution in [1.29, 1.82) is 0 Å². The number of carbonyl (C=O) groups is 1. The quantitative estimate of drug-likeness (QED) is 0.327. The van der Waals surface area contributed by atoms with Gasteiger partial charge in [-0.15, -0.1) is 13.2 Å². The smallest absolute Gasteiger partial charge is 0.504 e. The number of hydrogen-bond donors (Lipinski definition) is 0. The van der Waals surface area contributed by atoms with E-state index >= 15 is 0 Å². The number of alkyl halides is 3. The van der Waals surface area contributed by atoms with Crippen LogP contribution in [0.15, 0.2) is 36.7 Å². The molecule has 0 spiro atoms. The van der Waals surface area contributed by atoms with Crippen LogP contribution in [0.3, 0.4) is 0 Å². The van der Waals surface area contributed by atoms with Crippen molar-refractivity contribution in [2.75, 3.05) is 0 Å². The second-order valence-electron chi connectivity index (χ2n) is 10.7. The first-order chi connectivity index (χ1) is 17.5. The topological polar surface area (TPSA) is 64.6 Å². The largest absolute Gasteiger partial charge is 0.573 e. The van der Waals surface area contributed by atoms with Gasteiger partial charge in [-0.25, -0.2) is 9.97 Å². The van der Waals surface area contributed by atoms with Crippen LogP contribution in [0.2, 0.25) is 0 Å². The highest BCUT2D eigenvalue weighted by Gasteiger charge is 2.48. The van der Waals surface area contributed by atoms with E-state index in [0.717, 1.165) is 5.56 Å². The van der Waals surface area contributed by atoms with Gasteiger partial charge >= 0.3 is 6.36 Å². The Morgan fingerprint density at radius 2 is 1.53 bits per heavy atom. The summed E-state index contributed by atoms with van der Waals surface area (Å²) in [4.78, 5) is 24.4. The van der Waals surface area contributed by atoms with Crippen LogP contribution in [0.5, 0.6) is 11.5 Å². The van der Waals surface area contributed by atoms with Crippen molar-refractivity contribution in [2.45, 2.75) is 23.6 Å². The lowest BCUT2D eigenvalue weighted by molar-refractivity contribution is -0.273. The number of fused-ring (bicyclic) bond motifs is 1. The maximum atomic E-state index is 14.1. The van der Waals surface area contributed by atoms with Gasteiger partial charge in [0.05, 0.1) is 12.1 Å². The summed E-state index contributed by atoms with van der Waals surface area (Å²) in [5, 5.41) is -1.50. The summed E-state index contributed by atoms with van der Waals surface area (Å²) in [6.07, 6.45) is -1.53. The molecule has 0 radical (unpaired) electrons. The molecule has 2 aromatic carbocycles. The van der Waals surface area contributed by atoms with Crippen molar-refractivity contribution >= 4 is 90.5 Å². The molecule has 0 unspecified atom stereocenters. The fourth-order valence-corrected chi connectivity index (χ4v) is 4.87. The number of benzene rings is 2. The second kappa shape index (κ2) is 9.58. The van der Waals surface area contributed by atoms with Crippen molar-refractivity contribution < 1.29 is 27.4 Å². The van der Waals surface area contributed by atoms with E-state index in [-0.39, 0.29) is 18.2 Å². The first-order valence-corrected chi connectivity index (χ1v) is 12.3. The Bertz CT molecular complexity index is 1400. The molecule has 186 valence electrons. The van der Waals surface area contributed by atoms with Gasteiger partial charge in [0.25, 0.3) is 5.91 Å². The highest BCUT2D eigenvalue weighted by Crippen LogP contribution is 2.36. The predicted octanol–water partition coefficient (Wildman–Crippen LogP) is -7.05. The zero-order valence-electron chi connectivity index (χ0n) is 22.9. The van der Waals surface area contributed by atoms with Gasteiger partial charge < -0.3 is 14.4 Å². The number of carbonyl (C=O) groups excluding carboxylic acids is 1. The van der Waals surface area contributed by atoms with Crippen LogP contribution in [0, 0.1) is 0 Å². The van der Waals surface area contributed by atoms with E-state index < -0.39 is 17.1 Å². The summed E-state index contributed by atoms with van der Waals surface area (Å²) in [5.41, 5.74) is 3.89. The molecule has 1 amide bonds. The van der Waals surface area contributed by atoms with E-state index in [1.165, 1.54) is 0 Å². The third kappa shape index (κ3) is 4.87. The zero-order valence-corrected chi connectivity index (χ0v) is 22.9. The van der Waals surface area contributed by atoms with Crippen molar-refractivity contribution in [1.82, 2.24) is 14.9 Å². The number of rotatable bonds is 4. The minimum Gasteiger partial charge on any atom is -0.504 e. The molecular formula is C21H24B8F3N3O3. The Kier molecular flexibility index (Phi) is 7.04. The molecule has 0 fully saturated rings. The summed E-state index contributed by atoms with van der Waals surface area (Å²) in [5.74, 6) is 0.505. The summed E-state index contributed by atoms with van der Waals surface area (Å²) in [7, 11) is 14.5. The molecular weight excluding hydrogens is 486 g/mol. The highest BCUT2D eigenvalue weighted by molar-refractivity contribution is 6.61. The van der Waals surface area contributed by atoms with Gasteiger partial charge in [-0.1, -0.05) is 27.9 Å². The Morgan fingerprint density at radius 3 is 2.08 bits per heavy atom. The monoisotopic (exact) mass is 511 g/mol. The van der Waals surface area contributed by atoms with E-state index in [9.17, 15) is 18.0 Å². The predicted molar refractivity (Wildman–Crippen MR) is 163 cm³/mol. The molecule has 4 rings (SSSR count). The number of nitrogens with zero attached hydrogens (tertiary/aromatic N) is 3. The molecule has 2 heterocycles. The first-order valence-electron chi connectivity index (χ1n) is 12.3. The van der Waals surface area contributed by atoms with E-state index in [4.69, 9.17) is 4.74 Å². The van der Waals surface area contributed by atoms with Crippen LogP contribution in [0.1, 0.15) is 16.2 Å². The molecule has 6 nitrogen and oxygen atoms in total. The van der Waals surface area contributed by atoms with Crippen molar-refractivity contribution in [3.8, 4) is 22.6 Å². The van der Waals surface area contributed by atoms with Gasteiger partial charge in [0.1, 0.15) is 80.1 Å². The number of halogens is 3. The minimum absolute atomic E-state index is 0.183. The van der Waals surface area contributed by atoms with Crippen molar-refractivity contribution in [3.05, 3.63) is 48.0 Å². The summed E-state index contributed by atoms with van der Waals surface area (Å²) in [6, 6.07) is 7.07. The Balaban J connectivity index is 1.87. The molecule has 3 aromatic rings. The lowest BCUT2D eigenvalue weighted by Gasteiger charge is -2.47. The van der Waals surface area contributed by atoms with Crippen molar-refractivity contribution in [3.63, 3.8) is 0 Å². The summed E-state index contributed by atoms with van der Waals surface area (Å²) >= 11 is 0. The fourth-order valence-electron chi connectivity index (χ4n) is 4.87. The molecule has 0 aliphatic carbocycles. The highest BCUT2D eigenvalue weighted by atomic mass is 19.4. The van der Waals surface area contributed by atoms with Crippen LogP contribution in [-0.2, 0) is 6.54 Å². The van der Waals surface area contributed by atoms with Gasteiger partial charge in [-0.2, -0.15) is 0 Å². The molecule has 17 heteroatoms. The molecule has 1 aliphatic rings. The number of ether oxygens (including phenoxy) is 2. The average molecular weight is 510 g/mol. The van der Waals surface area contributed by atoms with E-state index in [1.54, 1.807) is 66.9 Å². The number of amides is 1. The van der Waals surface area contributed by atoms with E-state index in [2.05, 4.69) is 14.7 Å². The van der Waals surface area contributed by atoms with Gasteiger partial charge in [-0.05, 0) is 29.3 Å². The third-order valence-corrected chi connectivity index (χ3v) is 7.95. The standard InChI is InChI=1S/C21H24B8F3N3O3/c22-13-12(14(23)16(25)17(15(13)24)38-21(30,31)32)8-2-3-10-9(6-8)18(36)35(7-11-33-4-1-5-34-11)19(26,27)20(28,29)37-10/h1-6H,7,22-29H2. The number of hydrogen-bond acceptors (Lipinski definition) is 5. The van der Waals surface area contributed by atoms with Gasteiger partial charge in [0, 0.05) is 23.1 Å². The maximum absolute atomic E-state index is 14.1. The molecule has 0 bridgehead atoms. The Labute approximate surface area is 227 Å². The third-order valence-electron chi connectivity index (χ3n) is 7.95. The molecule has 0 atom stereocenters. The molecule has 38 heavy (non-hydrogen) atoms. The lowest BCUT2D eigenvalue weighted by Crippen LogP contribution is -2.69. The van der Waals surface area contributed by atoms with Crippen LogP contribution in [0.4, 0.5) is 13.2 Å². The van der Waals surface area contributed by atoms with Gasteiger partial charge in [0.15, 0.2) is 0 Å². The summed E-state index contributed by atoms with van der Waals surface area (Å²) in [6.45, 7) is 0.183. The lowest BCUT2D eigenvalue weighted by atomic mass is 9.39. The van der Waals surface area contributed by atoms with Gasteiger partial charge in [0.2, 0.25) is 0 Å². The molecule has 1 aliphatic heterocycles. The SMILES string of the molecule is Bc1c(B)c(-c2ccc3c(c2)C(=O)N(Cc2ncccn2)C(B)(B)C(B)(B)O3)c(B)c(B)c1OC(F)(F)F. The first kappa shape index (κ1) is 27.9. The maximum Gasteiger partial charge on any atom is 0.573 e. The van der Waals surface area contributed by atoms with E-state index in [0.29, 0.717) is 44.6 Å². The van der Waals surface area contributed by atoms with Crippen molar-refractivity contribution in [2.24, 2.45) is 0 Å². The Morgan fingerprint density at radius 1 is 0.947 bits per heavy atom. The molecule has 0 saturated heterocycles. The van der Waals surface area contributed by atoms with Gasteiger partial charge in [-0.3, -0.25) is 4.79 Å². The zero-order chi connectivity index (χ0) is 28.2. The fraction of sp³-hybridized carbons (Fsp3) is 0.190. The number of aromatic nitrogens is 2. The summed E-state index contributed by atoms with van der Waals surface area (Å²) < 4.78 is 50.1. The van der Waals surface area contributed by atoms with Crippen LogP contribution in [-0.4, -0.2) is 101 Å². The average Bonchev–Trinajstić information content (AvgIpc) is 2.88. The molecule has 1 aromatic heterocycles. The van der Waals surface area contributed by atoms with Crippen LogP contribution in [0.25, 0.3) is 11.1 Å². The minimum atomic E-state index is -4.80. The van der Waals surface area contributed by atoms with E-state index in [1.807, 2.05) is 37.5 Å². The molecule has 0 saturated carbocycles. The van der Waals surface area contributed by atoms with Crippen LogP contribution >= 0.6 is 0 Å². The Hall–Kier alpha value is -3.10. The second-order valence-corrected chi connectivity index (χ2v) is 10.7. The van der Waals surface area contributed by atoms with Crippen LogP contribution < -0.4 is 31.3 Å². The normalized spacial score (nSPS) is 16.3. The molecule has 0 N–H and O–H groups in total.